The van der Waals surface area contributed by atoms with E-state index in [1.54, 1.807) is 25.1 Å². The Morgan fingerprint density at radius 1 is 1.56 bits per heavy atom. The van der Waals surface area contributed by atoms with E-state index in [1.165, 1.54) is 0 Å². The molecular weight excluding hydrogens is 210 g/mol. The van der Waals surface area contributed by atoms with E-state index in [4.69, 9.17) is 20.7 Å². The third kappa shape index (κ3) is 3.22. The van der Waals surface area contributed by atoms with Crippen LogP contribution in [0.1, 0.15) is 15.9 Å². The van der Waals surface area contributed by atoms with Crippen LogP contribution >= 0.6 is 0 Å². The average Bonchev–Trinajstić information content (AvgIpc) is 2.25. The highest BCUT2D eigenvalue weighted by Crippen LogP contribution is 2.13. The Morgan fingerprint density at radius 3 is 2.81 bits per heavy atom. The Hall–Kier alpha value is -1.59. The molecule has 0 aliphatic rings. The number of nitrogen functional groups attached to an aromatic ring is 1. The van der Waals surface area contributed by atoms with E-state index >= 15 is 0 Å². The van der Waals surface area contributed by atoms with Crippen molar-refractivity contribution in [2.75, 3.05) is 18.9 Å². The number of anilines is 1. The van der Waals surface area contributed by atoms with Crippen molar-refractivity contribution in [3.8, 4) is 0 Å². The number of aryl methyl sites for hydroxylation is 1. The molecule has 0 aliphatic carbocycles. The summed E-state index contributed by atoms with van der Waals surface area (Å²) in [4.78, 5) is 11.5. The van der Waals surface area contributed by atoms with Gasteiger partial charge in [-0.15, -0.1) is 0 Å². The normalized spacial score (nSPS) is 12.2. The van der Waals surface area contributed by atoms with Gasteiger partial charge in [0.2, 0.25) is 0 Å². The van der Waals surface area contributed by atoms with Gasteiger partial charge in [0, 0.05) is 5.69 Å². The van der Waals surface area contributed by atoms with Crippen molar-refractivity contribution in [1.82, 2.24) is 0 Å². The molecule has 1 aromatic carbocycles. The minimum Gasteiger partial charge on any atom is -0.459 e. The molecule has 0 radical (unpaired) electrons. The molecule has 0 saturated heterocycles. The van der Waals surface area contributed by atoms with Crippen LogP contribution in [0.15, 0.2) is 18.2 Å². The first-order valence-corrected chi connectivity index (χ1v) is 4.86. The number of benzene rings is 1. The Morgan fingerprint density at radius 2 is 2.25 bits per heavy atom. The molecule has 1 unspecified atom stereocenters. The number of esters is 1. The first-order chi connectivity index (χ1) is 7.54. The van der Waals surface area contributed by atoms with E-state index in [0.717, 1.165) is 0 Å². The molecule has 0 spiro atoms. The Kier molecular flexibility index (Phi) is 4.28. The molecule has 0 bridgehead atoms. The summed E-state index contributed by atoms with van der Waals surface area (Å²) in [6.07, 6.45) is -1.04. The van der Waals surface area contributed by atoms with Crippen LogP contribution in [0.4, 0.5) is 5.69 Å². The monoisotopic (exact) mass is 225 g/mol. The maximum atomic E-state index is 11.5. The largest absolute Gasteiger partial charge is 0.459 e. The van der Waals surface area contributed by atoms with Gasteiger partial charge in [0.25, 0.3) is 0 Å². The van der Waals surface area contributed by atoms with Gasteiger partial charge in [-0.2, -0.15) is 0 Å². The number of nitrogens with two attached hydrogens (primary N) is 1. The van der Waals surface area contributed by atoms with Gasteiger partial charge in [0.1, 0.15) is 12.7 Å². The molecule has 16 heavy (non-hydrogen) atoms. The van der Waals surface area contributed by atoms with Crippen molar-refractivity contribution in [2.24, 2.45) is 0 Å². The van der Waals surface area contributed by atoms with E-state index in [9.17, 15) is 4.79 Å². The predicted octanol–water partition coefficient (Wildman–Crippen LogP) is 0.0872. The van der Waals surface area contributed by atoms with Crippen LogP contribution in [-0.2, 0) is 4.74 Å². The predicted molar refractivity (Wildman–Crippen MR) is 59.0 cm³/mol. The fourth-order valence-electron chi connectivity index (χ4n) is 1.22. The van der Waals surface area contributed by atoms with E-state index in [2.05, 4.69) is 0 Å². The summed E-state index contributed by atoms with van der Waals surface area (Å²) in [5.41, 5.74) is 7.23. The zero-order valence-electron chi connectivity index (χ0n) is 9.01. The number of aliphatic hydroxyl groups excluding tert-OH is 2. The molecule has 5 nitrogen and oxygen atoms in total. The van der Waals surface area contributed by atoms with Crippen LogP contribution in [0.3, 0.4) is 0 Å². The van der Waals surface area contributed by atoms with Crippen LogP contribution in [-0.4, -0.2) is 35.5 Å². The minimum atomic E-state index is -1.04. The van der Waals surface area contributed by atoms with Crippen LogP contribution in [0, 0.1) is 6.92 Å². The molecule has 0 saturated carbocycles. The highest BCUT2D eigenvalue weighted by Gasteiger charge is 2.12. The van der Waals surface area contributed by atoms with Crippen molar-refractivity contribution >= 4 is 11.7 Å². The number of aliphatic hydroxyl groups is 2. The van der Waals surface area contributed by atoms with Crippen LogP contribution in [0.25, 0.3) is 0 Å². The summed E-state index contributed by atoms with van der Waals surface area (Å²) >= 11 is 0. The van der Waals surface area contributed by atoms with Crippen molar-refractivity contribution in [2.45, 2.75) is 13.0 Å². The van der Waals surface area contributed by atoms with Gasteiger partial charge in [-0.3, -0.25) is 0 Å². The van der Waals surface area contributed by atoms with E-state index < -0.39 is 18.7 Å². The fourth-order valence-corrected chi connectivity index (χ4v) is 1.22. The quantitative estimate of drug-likeness (QED) is 0.498. The molecule has 88 valence electrons. The summed E-state index contributed by atoms with van der Waals surface area (Å²) in [7, 11) is 0. The third-order valence-electron chi connectivity index (χ3n) is 2.09. The highest BCUT2D eigenvalue weighted by molar-refractivity contribution is 5.91. The first kappa shape index (κ1) is 12.5. The summed E-state index contributed by atoms with van der Waals surface area (Å²) in [6, 6.07) is 4.84. The van der Waals surface area contributed by atoms with E-state index in [1.807, 2.05) is 0 Å². The molecular formula is C11H15NO4. The molecule has 1 atom stereocenters. The van der Waals surface area contributed by atoms with E-state index in [-0.39, 0.29) is 6.61 Å². The van der Waals surface area contributed by atoms with Crippen molar-refractivity contribution in [1.29, 1.82) is 0 Å². The van der Waals surface area contributed by atoms with Gasteiger partial charge in [-0.05, 0) is 30.7 Å². The van der Waals surface area contributed by atoms with Crippen molar-refractivity contribution in [3.63, 3.8) is 0 Å². The van der Waals surface area contributed by atoms with Crippen LogP contribution in [0.2, 0.25) is 0 Å². The molecule has 0 heterocycles. The Balaban J connectivity index is 2.66. The lowest BCUT2D eigenvalue weighted by atomic mass is 10.1. The van der Waals surface area contributed by atoms with Crippen molar-refractivity contribution in [3.05, 3.63) is 29.3 Å². The first-order valence-electron chi connectivity index (χ1n) is 4.86. The molecule has 0 fully saturated rings. The maximum absolute atomic E-state index is 11.5. The molecule has 0 aromatic heterocycles. The molecule has 0 amide bonds. The molecule has 4 N–H and O–H groups in total. The van der Waals surface area contributed by atoms with Gasteiger partial charge in [-0.25, -0.2) is 4.79 Å². The second kappa shape index (κ2) is 5.48. The summed E-state index contributed by atoms with van der Waals surface area (Å²) in [5, 5.41) is 17.6. The van der Waals surface area contributed by atoms with Crippen molar-refractivity contribution < 1.29 is 19.7 Å². The van der Waals surface area contributed by atoms with Crippen LogP contribution in [0.5, 0.6) is 0 Å². The summed E-state index contributed by atoms with van der Waals surface area (Å²) in [6.45, 7) is 1.09. The second-order valence-electron chi connectivity index (χ2n) is 3.51. The standard InChI is InChI=1S/C11H15NO4/c1-7-4-8(12)2-3-10(7)11(15)16-6-9(14)5-13/h2-4,9,13-14H,5-6,12H2,1H3. The maximum Gasteiger partial charge on any atom is 0.338 e. The minimum absolute atomic E-state index is 0.223. The van der Waals surface area contributed by atoms with Gasteiger partial charge in [0.15, 0.2) is 0 Å². The Bertz CT molecular complexity index is 378. The molecule has 0 aliphatic heterocycles. The number of carbonyl (C=O) groups excluding carboxylic acids is 1. The van der Waals surface area contributed by atoms with E-state index in [0.29, 0.717) is 16.8 Å². The van der Waals surface area contributed by atoms with Gasteiger partial charge < -0.3 is 20.7 Å². The van der Waals surface area contributed by atoms with Gasteiger partial charge >= 0.3 is 5.97 Å². The number of hydrogen-bond acceptors (Lipinski definition) is 5. The summed E-state index contributed by atoms with van der Waals surface area (Å²) < 4.78 is 4.81. The number of carbonyl (C=O) groups is 1. The molecule has 1 aromatic rings. The fraction of sp³-hybridized carbons (Fsp3) is 0.364. The SMILES string of the molecule is Cc1cc(N)ccc1C(=O)OCC(O)CO. The lowest BCUT2D eigenvalue weighted by molar-refractivity contribution is 0.00928. The lowest BCUT2D eigenvalue weighted by Gasteiger charge is -2.10. The zero-order chi connectivity index (χ0) is 12.1. The smallest absolute Gasteiger partial charge is 0.338 e. The molecule has 5 heteroatoms. The lowest BCUT2D eigenvalue weighted by Crippen LogP contribution is -2.22. The topological polar surface area (TPSA) is 92.8 Å². The average molecular weight is 225 g/mol. The number of rotatable bonds is 4. The molecule has 1 rings (SSSR count). The van der Waals surface area contributed by atoms with Crippen LogP contribution < -0.4 is 5.73 Å². The zero-order valence-corrected chi connectivity index (χ0v) is 9.01. The number of ether oxygens (including phenoxy) is 1. The number of hydrogen-bond donors (Lipinski definition) is 3. The highest BCUT2D eigenvalue weighted by atomic mass is 16.5. The van der Waals surface area contributed by atoms with Gasteiger partial charge in [-0.1, -0.05) is 0 Å². The second-order valence-corrected chi connectivity index (χ2v) is 3.51. The third-order valence-corrected chi connectivity index (χ3v) is 2.09. The summed E-state index contributed by atoms with van der Waals surface area (Å²) in [5.74, 6) is -0.537. The van der Waals surface area contributed by atoms with Gasteiger partial charge in [0.05, 0.1) is 12.2 Å². The Labute approximate surface area is 93.5 Å².